The predicted molar refractivity (Wildman–Crippen MR) is 82.3 cm³/mol. The molecule has 0 aliphatic carbocycles. The third-order valence-electron chi connectivity index (χ3n) is 3.60. The van der Waals surface area contributed by atoms with Gasteiger partial charge in [0.2, 0.25) is 5.43 Å². The molecule has 0 aliphatic rings. The van der Waals surface area contributed by atoms with E-state index in [0.29, 0.717) is 0 Å². The molecule has 0 atom stereocenters. The van der Waals surface area contributed by atoms with Crippen molar-refractivity contribution in [3.63, 3.8) is 0 Å². The molecule has 3 aromatic rings. The molecule has 3 rings (SSSR count). The minimum Gasteiger partial charge on any atom is -0.449 e. The first-order valence-corrected chi connectivity index (χ1v) is 7.03. The van der Waals surface area contributed by atoms with Crippen LogP contribution >= 0.6 is 0 Å². The van der Waals surface area contributed by atoms with Gasteiger partial charge in [-0.1, -0.05) is 6.07 Å². The van der Waals surface area contributed by atoms with E-state index in [1.807, 2.05) is 0 Å². The molecule has 0 aliphatic heterocycles. The molecular weight excluding hydrogens is 339 g/mol. The number of nitrogens with zero attached hydrogens (tertiary/aromatic N) is 1. The number of pyridine rings is 1. The SMILES string of the molecule is O=C(O)Oc1cn(Cc2c(F)cccc2F)c2ccc(F)cc2c1=O. The second-order valence-corrected chi connectivity index (χ2v) is 5.18. The molecule has 0 saturated carbocycles. The summed E-state index contributed by atoms with van der Waals surface area (Å²) in [5.41, 5.74) is -0.966. The van der Waals surface area contributed by atoms with Gasteiger partial charge in [0.15, 0.2) is 5.75 Å². The van der Waals surface area contributed by atoms with Crippen LogP contribution in [0.1, 0.15) is 5.56 Å². The van der Waals surface area contributed by atoms with Crippen LogP contribution in [0.3, 0.4) is 0 Å². The summed E-state index contributed by atoms with van der Waals surface area (Å²) in [5, 5.41) is 8.55. The van der Waals surface area contributed by atoms with Crippen LogP contribution in [0.2, 0.25) is 0 Å². The zero-order chi connectivity index (χ0) is 18.1. The van der Waals surface area contributed by atoms with Crippen LogP contribution < -0.4 is 10.2 Å². The van der Waals surface area contributed by atoms with Crippen molar-refractivity contribution >= 4 is 17.1 Å². The lowest BCUT2D eigenvalue weighted by molar-refractivity contribution is 0.144. The summed E-state index contributed by atoms with van der Waals surface area (Å²) in [5.74, 6) is -2.94. The summed E-state index contributed by atoms with van der Waals surface area (Å²) in [6.45, 7) is -0.350. The van der Waals surface area contributed by atoms with Crippen molar-refractivity contribution in [3.8, 4) is 5.75 Å². The number of carboxylic acid groups (broad SMARTS) is 1. The summed E-state index contributed by atoms with van der Waals surface area (Å²) in [7, 11) is 0. The molecule has 0 radical (unpaired) electrons. The molecule has 0 fully saturated rings. The van der Waals surface area contributed by atoms with Crippen LogP contribution in [-0.2, 0) is 6.54 Å². The van der Waals surface area contributed by atoms with Gasteiger partial charge >= 0.3 is 6.16 Å². The third-order valence-corrected chi connectivity index (χ3v) is 3.60. The van der Waals surface area contributed by atoms with Crippen LogP contribution in [0.5, 0.6) is 5.75 Å². The van der Waals surface area contributed by atoms with Gasteiger partial charge in [0.25, 0.3) is 0 Å². The lowest BCUT2D eigenvalue weighted by Crippen LogP contribution is -2.17. The van der Waals surface area contributed by atoms with Gasteiger partial charge in [-0.05, 0) is 30.3 Å². The van der Waals surface area contributed by atoms with Crippen molar-refractivity contribution in [2.45, 2.75) is 6.54 Å². The van der Waals surface area contributed by atoms with Crippen molar-refractivity contribution in [3.05, 3.63) is 75.8 Å². The van der Waals surface area contributed by atoms with Crippen molar-refractivity contribution in [1.82, 2.24) is 4.57 Å². The molecule has 0 unspecified atom stereocenters. The van der Waals surface area contributed by atoms with Gasteiger partial charge in [0.1, 0.15) is 17.5 Å². The van der Waals surface area contributed by atoms with Gasteiger partial charge in [-0.2, -0.15) is 0 Å². The van der Waals surface area contributed by atoms with E-state index in [4.69, 9.17) is 5.11 Å². The first kappa shape index (κ1) is 16.6. The van der Waals surface area contributed by atoms with E-state index in [9.17, 15) is 22.8 Å². The average Bonchev–Trinajstić information content (AvgIpc) is 2.54. The first-order chi connectivity index (χ1) is 11.9. The number of hydrogen-bond acceptors (Lipinski definition) is 3. The van der Waals surface area contributed by atoms with Gasteiger partial charge in [-0.3, -0.25) is 4.79 Å². The zero-order valence-corrected chi connectivity index (χ0v) is 12.5. The molecule has 0 amide bonds. The molecule has 2 aromatic carbocycles. The smallest absolute Gasteiger partial charge is 0.449 e. The maximum Gasteiger partial charge on any atom is 0.511 e. The number of rotatable bonds is 3. The Hall–Kier alpha value is -3.29. The highest BCUT2D eigenvalue weighted by Gasteiger charge is 2.16. The molecular formula is C17H10F3NO4. The molecule has 8 heteroatoms. The van der Waals surface area contributed by atoms with Gasteiger partial charge < -0.3 is 14.4 Å². The minimum absolute atomic E-state index is 0.171. The summed E-state index contributed by atoms with van der Waals surface area (Å²) < 4.78 is 46.9. The number of aromatic nitrogens is 1. The van der Waals surface area contributed by atoms with Crippen molar-refractivity contribution in [2.24, 2.45) is 0 Å². The van der Waals surface area contributed by atoms with E-state index in [1.54, 1.807) is 0 Å². The van der Waals surface area contributed by atoms with E-state index in [0.717, 1.165) is 30.5 Å². The van der Waals surface area contributed by atoms with E-state index in [2.05, 4.69) is 4.74 Å². The molecule has 25 heavy (non-hydrogen) atoms. The van der Waals surface area contributed by atoms with E-state index >= 15 is 0 Å². The minimum atomic E-state index is -1.74. The Balaban J connectivity index is 2.24. The van der Waals surface area contributed by atoms with Crippen LogP contribution in [0.15, 0.2) is 47.4 Å². The highest BCUT2D eigenvalue weighted by atomic mass is 19.1. The van der Waals surface area contributed by atoms with Gasteiger partial charge in [-0.25, -0.2) is 18.0 Å². The summed E-state index contributed by atoms with van der Waals surface area (Å²) >= 11 is 0. The predicted octanol–water partition coefficient (Wildman–Crippen LogP) is 3.52. The first-order valence-electron chi connectivity index (χ1n) is 7.03. The second-order valence-electron chi connectivity index (χ2n) is 5.18. The Labute approximate surface area is 138 Å². The normalized spacial score (nSPS) is 10.8. The number of ether oxygens (including phenoxy) is 1. The largest absolute Gasteiger partial charge is 0.511 e. The molecule has 128 valence electrons. The highest BCUT2D eigenvalue weighted by molar-refractivity contribution is 5.81. The Morgan fingerprint density at radius 1 is 1.12 bits per heavy atom. The van der Waals surface area contributed by atoms with E-state index in [1.165, 1.54) is 16.7 Å². The van der Waals surface area contributed by atoms with Gasteiger partial charge in [0, 0.05) is 5.56 Å². The summed E-state index contributed by atoms with van der Waals surface area (Å²) in [4.78, 5) is 23.0. The fraction of sp³-hybridized carbons (Fsp3) is 0.0588. The monoisotopic (exact) mass is 349 g/mol. The molecule has 5 nitrogen and oxygen atoms in total. The van der Waals surface area contributed by atoms with Gasteiger partial charge in [-0.15, -0.1) is 0 Å². The van der Waals surface area contributed by atoms with Crippen molar-refractivity contribution in [2.75, 3.05) is 0 Å². The second kappa shape index (κ2) is 6.31. The highest BCUT2D eigenvalue weighted by Crippen LogP contribution is 2.21. The number of carbonyl (C=O) groups is 1. The van der Waals surface area contributed by atoms with Crippen molar-refractivity contribution in [1.29, 1.82) is 0 Å². The number of halogens is 3. The Kier molecular flexibility index (Phi) is 4.18. The lowest BCUT2D eigenvalue weighted by atomic mass is 10.1. The van der Waals surface area contributed by atoms with Crippen LogP contribution in [0.4, 0.5) is 18.0 Å². The average molecular weight is 349 g/mol. The topological polar surface area (TPSA) is 68.5 Å². The summed E-state index contributed by atoms with van der Waals surface area (Å²) in [6, 6.07) is 6.57. The van der Waals surface area contributed by atoms with Crippen LogP contribution in [-0.4, -0.2) is 15.8 Å². The van der Waals surface area contributed by atoms with Gasteiger partial charge in [0.05, 0.1) is 23.6 Å². The Morgan fingerprint density at radius 2 is 1.80 bits per heavy atom. The molecule has 1 N–H and O–H groups in total. The van der Waals surface area contributed by atoms with E-state index in [-0.39, 0.29) is 23.0 Å². The third kappa shape index (κ3) is 3.18. The lowest BCUT2D eigenvalue weighted by Gasteiger charge is -2.14. The molecule has 0 bridgehead atoms. The molecule has 0 saturated heterocycles. The Morgan fingerprint density at radius 3 is 2.44 bits per heavy atom. The fourth-order valence-electron chi connectivity index (χ4n) is 2.49. The van der Waals surface area contributed by atoms with E-state index < -0.39 is 34.8 Å². The molecule has 0 spiro atoms. The maximum atomic E-state index is 13.9. The van der Waals surface area contributed by atoms with Crippen LogP contribution in [0.25, 0.3) is 10.9 Å². The summed E-state index contributed by atoms with van der Waals surface area (Å²) in [6.07, 6.45) is -0.723. The van der Waals surface area contributed by atoms with Crippen LogP contribution in [0, 0.1) is 17.5 Å². The zero-order valence-electron chi connectivity index (χ0n) is 12.5. The quantitative estimate of drug-likeness (QED) is 0.735. The fourth-order valence-corrected chi connectivity index (χ4v) is 2.49. The number of benzene rings is 2. The standard InChI is InChI=1S/C17H10F3NO4/c18-9-4-5-14-10(6-9)16(22)15(25-17(23)24)8-21(14)7-11-12(19)2-1-3-13(11)20/h1-6,8H,7H2,(H,23,24). The molecule has 1 aromatic heterocycles. The maximum absolute atomic E-state index is 13.9. The number of hydrogen-bond donors (Lipinski definition) is 1. The van der Waals surface area contributed by atoms with Crippen molar-refractivity contribution < 1.29 is 27.8 Å². The number of fused-ring (bicyclic) bond motifs is 1. The Bertz CT molecular complexity index is 1030. The molecule has 1 heterocycles.